The van der Waals surface area contributed by atoms with Crippen LogP contribution in [-0.4, -0.2) is 11.8 Å². The number of nitrogens with two attached hydrogens (primary N) is 1. The molecule has 0 saturated carbocycles. The van der Waals surface area contributed by atoms with Crippen LogP contribution in [0, 0.1) is 0 Å². The Balaban J connectivity index is 1.76. The number of hydrogen-bond acceptors (Lipinski definition) is 3. The van der Waals surface area contributed by atoms with Crippen molar-refractivity contribution < 1.29 is 14.3 Å². The van der Waals surface area contributed by atoms with E-state index in [0.29, 0.717) is 32.6 Å². The van der Waals surface area contributed by atoms with Crippen molar-refractivity contribution in [2.24, 2.45) is 5.73 Å². The Labute approximate surface area is 172 Å². The van der Waals surface area contributed by atoms with E-state index in [-0.39, 0.29) is 12.5 Å². The molecule has 28 heavy (non-hydrogen) atoms. The average Bonchev–Trinajstić information content (AvgIpc) is 2.67. The number of ether oxygens (including phenoxy) is 1. The average molecular weight is 415 g/mol. The van der Waals surface area contributed by atoms with Gasteiger partial charge in [-0.25, -0.2) is 0 Å². The van der Waals surface area contributed by atoms with Gasteiger partial charge >= 0.3 is 0 Å². The molecule has 0 atom stereocenters. The van der Waals surface area contributed by atoms with E-state index in [4.69, 9.17) is 33.7 Å². The highest BCUT2D eigenvalue weighted by atomic mass is 35.5. The van der Waals surface area contributed by atoms with Gasteiger partial charge in [0, 0.05) is 26.9 Å². The Morgan fingerprint density at radius 1 is 0.964 bits per heavy atom. The first-order valence-corrected chi connectivity index (χ1v) is 9.06. The van der Waals surface area contributed by atoms with Crippen LogP contribution >= 0.6 is 23.2 Å². The molecule has 2 amide bonds. The lowest BCUT2D eigenvalue weighted by atomic mass is 10.1. The molecule has 7 heteroatoms. The molecule has 5 nitrogen and oxygen atoms in total. The van der Waals surface area contributed by atoms with Crippen LogP contribution in [0.2, 0.25) is 10.0 Å². The summed E-state index contributed by atoms with van der Waals surface area (Å²) in [6.07, 6.45) is 0. The van der Waals surface area contributed by atoms with Gasteiger partial charge in [0.2, 0.25) is 5.91 Å². The molecule has 0 radical (unpaired) electrons. The molecule has 3 aromatic rings. The van der Waals surface area contributed by atoms with Crippen molar-refractivity contribution in [3.8, 4) is 5.75 Å². The number of benzene rings is 3. The maximum absolute atomic E-state index is 12.7. The first kappa shape index (κ1) is 19.7. The zero-order valence-corrected chi connectivity index (χ0v) is 16.1. The van der Waals surface area contributed by atoms with Gasteiger partial charge in [0.1, 0.15) is 12.4 Å². The first-order chi connectivity index (χ1) is 13.4. The third-order valence-electron chi connectivity index (χ3n) is 3.93. The van der Waals surface area contributed by atoms with Crippen molar-refractivity contribution in [1.29, 1.82) is 0 Å². The molecule has 142 valence electrons. The molecule has 0 unspecified atom stereocenters. The zero-order valence-electron chi connectivity index (χ0n) is 14.6. The van der Waals surface area contributed by atoms with Crippen molar-refractivity contribution >= 4 is 40.7 Å². The molecule has 0 aliphatic rings. The van der Waals surface area contributed by atoms with Crippen molar-refractivity contribution in [3.05, 3.63) is 93.5 Å². The molecule has 0 saturated heterocycles. The van der Waals surface area contributed by atoms with Gasteiger partial charge in [-0.05, 0) is 42.5 Å². The molecule has 3 N–H and O–H groups in total. The predicted molar refractivity (Wildman–Crippen MR) is 110 cm³/mol. The van der Waals surface area contributed by atoms with Crippen LogP contribution in [-0.2, 0) is 6.61 Å². The number of anilines is 1. The van der Waals surface area contributed by atoms with Gasteiger partial charge < -0.3 is 15.8 Å². The minimum absolute atomic E-state index is 0.178. The molecule has 3 aromatic carbocycles. The maximum atomic E-state index is 12.7. The van der Waals surface area contributed by atoms with E-state index >= 15 is 0 Å². The number of carbonyl (C=O) groups is 2. The smallest absolute Gasteiger partial charge is 0.259 e. The minimum Gasteiger partial charge on any atom is -0.488 e. The lowest BCUT2D eigenvalue weighted by Gasteiger charge is -2.13. The number of halogens is 2. The number of hydrogen-bond donors (Lipinski definition) is 2. The van der Waals surface area contributed by atoms with Crippen molar-refractivity contribution in [2.45, 2.75) is 6.61 Å². The SMILES string of the molecule is NC(=O)c1cccc(NC(=O)c2ccccc2OCc2ccc(Cl)cc2Cl)c1. The van der Waals surface area contributed by atoms with Crippen molar-refractivity contribution in [2.75, 3.05) is 5.32 Å². The highest BCUT2D eigenvalue weighted by Crippen LogP contribution is 2.25. The molecule has 0 aliphatic carbocycles. The van der Waals surface area contributed by atoms with Gasteiger partial charge in [-0.15, -0.1) is 0 Å². The summed E-state index contributed by atoms with van der Waals surface area (Å²) in [5.74, 6) is -0.545. The lowest BCUT2D eigenvalue weighted by molar-refractivity contribution is 0.0995. The standard InChI is InChI=1S/C21H16Cl2N2O3/c22-15-9-8-14(18(23)11-15)12-28-19-7-2-1-6-17(19)21(27)25-16-5-3-4-13(10-16)20(24)26/h1-11H,12H2,(H2,24,26)(H,25,27). The predicted octanol–water partition coefficient (Wildman–Crippen LogP) is 4.92. The Hall–Kier alpha value is -3.02. The van der Waals surface area contributed by atoms with E-state index in [1.165, 1.54) is 6.07 Å². The molecular weight excluding hydrogens is 399 g/mol. The third kappa shape index (κ3) is 4.82. The van der Waals surface area contributed by atoms with Crippen LogP contribution in [0.25, 0.3) is 0 Å². The van der Waals surface area contributed by atoms with Crippen molar-refractivity contribution in [1.82, 2.24) is 0 Å². The number of para-hydroxylation sites is 1. The summed E-state index contributed by atoms with van der Waals surface area (Å²) >= 11 is 12.1. The molecule has 0 spiro atoms. The summed E-state index contributed by atoms with van der Waals surface area (Å²) < 4.78 is 5.80. The third-order valence-corrected chi connectivity index (χ3v) is 4.52. The van der Waals surface area contributed by atoms with Crippen LogP contribution in [0.15, 0.2) is 66.7 Å². The molecule has 0 aliphatic heterocycles. The van der Waals surface area contributed by atoms with E-state index < -0.39 is 5.91 Å². The van der Waals surface area contributed by atoms with Gasteiger partial charge in [0.15, 0.2) is 0 Å². The van der Waals surface area contributed by atoms with Gasteiger partial charge in [-0.3, -0.25) is 9.59 Å². The van der Waals surface area contributed by atoms with E-state index in [2.05, 4.69) is 5.32 Å². The van der Waals surface area contributed by atoms with Crippen LogP contribution in [0.4, 0.5) is 5.69 Å². The molecule has 0 fully saturated rings. The first-order valence-electron chi connectivity index (χ1n) is 8.31. The van der Waals surface area contributed by atoms with Crippen LogP contribution in [0.1, 0.15) is 26.3 Å². The molecule has 3 rings (SSSR count). The van der Waals surface area contributed by atoms with Gasteiger partial charge in [0.05, 0.1) is 5.56 Å². The van der Waals surface area contributed by atoms with E-state index in [9.17, 15) is 9.59 Å². The monoisotopic (exact) mass is 414 g/mol. The Kier molecular flexibility index (Phi) is 6.19. The Morgan fingerprint density at radius 2 is 1.75 bits per heavy atom. The van der Waals surface area contributed by atoms with Crippen LogP contribution in [0.3, 0.4) is 0 Å². The fraction of sp³-hybridized carbons (Fsp3) is 0.0476. The van der Waals surface area contributed by atoms with E-state index in [1.54, 1.807) is 60.7 Å². The second-order valence-corrected chi connectivity index (χ2v) is 6.76. The quantitative estimate of drug-likeness (QED) is 0.600. The molecule has 0 bridgehead atoms. The second kappa shape index (κ2) is 8.78. The number of rotatable bonds is 6. The summed E-state index contributed by atoms with van der Waals surface area (Å²) in [5, 5.41) is 3.76. The van der Waals surface area contributed by atoms with Gasteiger partial charge in [0.25, 0.3) is 5.91 Å². The number of carbonyl (C=O) groups excluding carboxylic acids is 2. The Bertz CT molecular complexity index is 1040. The number of nitrogens with one attached hydrogen (secondary N) is 1. The van der Waals surface area contributed by atoms with Gasteiger partial charge in [-0.2, -0.15) is 0 Å². The Morgan fingerprint density at radius 3 is 2.50 bits per heavy atom. The van der Waals surface area contributed by atoms with Crippen LogP contribution < -0.4 is 15.8 Å². The topological polar surface area (TPSA) is 81.4 Å². The van der Waals surface area contributed by atoms with E-state index in [1.807, 2.05) is 0 Å². The lowest BCUT2D eigenvalue weighted by Crippen LogP contribution is -2.15. The van der Waals surface area contributed by atoms with Crippen molar-refractivity contribution in [3.63, 3.8) is 0 Å². The summed E-state index contributed by atoms with van der Waals surface area (Å²) in [6.45, 7) is 0.178. The summed E-state index contributed by atoms with van der Waals surface area (Å²) in [6, 6.07) is 18.3. The second-order valence-electron chi connectivity index (χ2n) is 5.92. The summed E-state index contributed by atoms with van der Waals surface area (Å²) in [5.41, 5.74) is 7.13. The molecule has 0 aromatic heterocycles. The van der Waals surface area contributed by atoms with Gasteiger partial charge in [-0.1, -0.05) is 47.5 Å². The highest BCUT2D eigenvalue weighted by molar-refractivity contribution is 6.35. The fourth-order valence-corrected chi connectivity index (χ4v) is 2.99. The molecular formula is C21H16Cl2N2O3. The maximum Gasteiger partial charge on any atom is 0.259 e. The summed E-state index contributed by atoms with van der Waals surface area (Å²) in [7, 11) is 0. The highest BCUT2D eigenvalue weighted by Gasteiger charge is 2.14. The molecule has 0 heterocycles. The van der Waals surface area contributed by atoms with E-state index in [0.717, 1.165) is 5.56 Å². The van der Waals surface area contributed by atoms with Crippen LogP contribution in [0.5, 0.6) is 5.75 Å². The summed E-state index contributed by atoms with van der Waals surface area (Å²) in [4.78, 5) is 24.0. The zero-order chi connectivity index (χ0) is 20.1. The number of primary amides is 1. The fourth-order valence-electron chi connectivity index (χ4n) is 2.52. The largest absolute Gasteiger partial charge is 0.488 e. The number of amides is 2. The minimum atomic E-state index is -0.570. The normalized spacial score (nSPS) is 10.4.